The van der Waals surface area contributed by atoms with Gasteiger partial charge in [0.15, 0.2) is 0 Å². The van der Waals surface area contributed by atoms with Gasteiger partial charge in [-0.1, -0.05) is 5.16 Å². The lowest BCUT2D eigenvalue weighted by Gasteiger charge is -2.00. The maximum absolute atomic E-state index is 5.33. The molecule has 0 bridgehead atoms. The van der Waals surface area contributed by atoms with E-state index in [0.717, 1.165) is 23.4 Å². The average molecular weight is 270 g/mol. The molecule has 0 amide bonds. The molecule has 19 heavy (non-hydrogen) atoms. The van der Waals surface area contributed by atoms with Crippen molar-refractivity contribution in [2.45, 2.75) is 6.42 Å². The van der Waals surface area contributed by atoms with Gasteiger partial charge in [-0.05, 0) is 30.2 Å². The highest BCUT2D eigenvalue weighted by atomic mass is 32.1. The molecular formula is C13H10N4OS. The van der Waals surface area contributed by atoms with Crippen LogP contribution in [0, 0.1) is 0 Å². The monoisotopic (exact) mass is 270 g/mol. The molecular weight excluding hydrogens is 260 g/mol. The van der Waals surface area contributed by atoms with E-state index in [1.54, 1.807) is 11.7 Å². The molecule has 0 aliphatic carbocycles. The fraction of sp³-hybridized carbons (Fsp3) is 0.154. The number of anilines is 1. The molecule has 1 aliphatic heterocycles. The van der Waals surface area contributed by atoms with Crippen LogP contribution in [-0.2, 0) is 6.42 Å². The molecule has 3 heterocycles. The van der Waals surface area contributed by atoms with Gasteiger partial charge in [-0.3, -0.25) is 4.98 Å². The van der Waals surface area contributed by atoms with Crippen LogP contribution in [0.1, 0.15) is 5.56 Å². The molecule has 6 heteroatoms. The lowest BCUT2D eigenvalue weighted by atomic mass is 10.1. The quantitative estimate of drug-likeness (QED) is 0.775. The van der Waals surface area contributed by atoms with E-state index in [1.165, 1.54) is 22.6 Å². The van der Waals surface area contributed by atoms with Gasteiger partial charge in [0.25, 0.3) is 5.89 Å². The highest BCUT2D eigenvalue weighted by molar-refractivity contribution is 7.13. The van der Waals surface area contributed by atoms with Crippen molar-refractivity contribution in [2.24, 2.45) is 0 Å². The normalized spacial score (nSPS) is 13.3. The van der Waals surface area contributed by atoms with Gasteiger partial charge in [0, 0.05) is 24.0 Å². The van der Waals surface area contributed by atoms with E-state index in [0.29, 0.717) is 11.7 Å². The molecule has 2 aromatic heterocycles. The molecule has 0 spiro atoms. The predicted molar refractivity (Wildman–Crippen MR) is 73.0 cm³/mol. The molecule has 0 unspecified atom stereocenters. The van der Waals surface area contributed by atoms with Crippen molar-refractivity contribution in [1.82, 2.24) is 15.1 Å². The summed E-state index contributed by atoms with van der Waals surface area (Å²) in [5.41, 5.74) is 5.22. The van der Waals surface area contributed by atoms with Crippen molar-refractivity contribution in [1.29, 1.82) is 0 Å². The lowest BCUT2D eigenvalue weighted by Crippen LogP contribution is -1.90. The number of benzene rings is 1. The summed E-state index contributed by atoms with van der Waals surface area (Å²) < 4.78 is 5.33. The van der Waals surface area contributed by atoms with Gasteiger partial charge in [0.05, 0.1) is 10.4 Å². The zero-order valence-corrected chi connectivity index (χ0v) is 10.8. The Hall–Kier alpha value is -2.21. The molecule has 3 aromatic rings. The fourth-order valence-corrected chi connectivity index (χ4v) is 2.75. The number of nitrogens with zero attached hydrogens (tertiary/aromatic N) is 3. The number of rotatable bonds is 2. The molecule has 94 valence electrons. The minimum atomic E-state index is 0.554. The maximum atomic E-state index is 5.33. The molecule has 1 aliphatic rings. The van der Waals surface area contributed by atoms with E-state index in [-0.39, 0.29) is 0 Å². The highest BCUT2D eigenvalue weighted by Crippen LogP contribution is 2.29. The van der Waals surface area contributed by atoms with Gasteiger partial charge < -0.3 is 9.84 Å². The second-order valence-corrected chi connectivity index (χ2v) is 5.22. The summed E-state index contributed by atoms with van der Waals surface area (Å²) >= 11 is 1.50. The predicted octanol–water partition coefficient (Wildman–Crippen LogP) is 2.83. The summed E-state index contributed by atoms with van der Waals surface area (Å²) in [6, 6.07) is 6.18. The van der Waals surface area contributed by atoms with Gasteiger partial charge in [-0.15, -0.1) is 11.3 Å². The number of nitrogens with one attached hydrogen (secondary N) is 1. The second kappa shape index (κ2) is 4.17. The van der Waals surface area contributed by atoms with E-state index < -0.39 is 0 Å². The SMILES string of the molecule is c1ncc(-c2noc(-c3ccc4c(c3)CCN4)n2)s1. The average Bonchev–Trinajstić information content (AvgIpc) is 3.18. The molecule has 0 saturated carbocycles. The Bertz CT molecular complexity index is 720. The zero-order chi connectivity index (χ0) is 12.7. The number of aromatic nitrogens is 3. The number of hydrogen-bond acceptors (Lipinski definition) is 6. The summed E-state index contributed by atoms with van der Waals surface area (Å²) in [6.07, 6.45) is 2.78. The van der Waals surface area contributed by atoms with Gasteiger partial charge in [-0.2, -0.15) is 4.98 Å². The first-order chi connectivity index (χ1) is 9.40. The van der Waals surface area contributed by atoms with Crippen LogP contribution in [0.4, 0.5) is 5.69 Å². The number of hydrogen-bond donors (Lipinski definition) is 1. The van der Waals surface area contributed by atoms with E-state index in [4.69, 9.17) is 4.52 Å². The lowest BCUT2D eigenvalue weighted by molar-refractivity contribution is 0.432. The van der Waals surface area contributed by atoms with Crippen LogP contribution in [0.5, 0.6) is 0 Å². The Balaban J connectivity index is 1.73. The summed E-state index contributed by atoms with van der Waals surface area (Å²) in [5.74, 6) is 1.15. The van der Waals surface area contributed by atoms with Crippen LogP contribution >= 0.6 is 11.3 Å². The highest BCUT2D eigenvalue weighted by Gasteiger charge is 2.15. The van der Waals surface area contributed by atoms with Crippen LogP contribution in [0.15, 0.2) is 34.4 Å². The van der Waals surface area contributed by atoms with Crippen molar-refractivity contribution in [3.8, 4) is 22.2 Å². The van der Waals surface area contributed by atoms with Crippen LogP contribution in [-0.4, -0.2) is 21.7 Å². The molecule has 0 radical (unpaired) electrons. The van der Waals surface area contributed by atoms with Crippen molar-refractivity contribution in [3.63, 3.8) is 0 Å². The first kappa shape index (κ1) is 10.7. The molecule has 5 nitrogen and oxygen atoms in total. The van der Waals surface area contributed by atoms with E-state index >= 15 is 0 Å². The Morgan fingerprint density at radius 3 is 3.21 bits per heavy atom. The van der Waals surface area contributed by atoms with Crippen LogP contribution < -0.4 is 5.32 Å². The van der Waals surface area contributed by atoms with E-state index in [2.05, 4.69) is 32.6 Å². The number of thiazole rings is 1. The second-order valence-electron chi connectivity index (χ2n) is 4.34. The largest absolute Gasteiger partial charge is 0.384 e. The van der Waals surface area contributed by atoms with Gasteiger partial charge in [0.1, 0.15) is 0 Å². The Kier molecular flexibility index (Phi) is 2.34. The third-order valence-electron chi connectivity index (χ3n) is 3.14. The van der Waals surface area contributed by atoms with E-state index in [9.17, 15) is 0 Å². The smallest absolute Gasteiger partial charge is 0.258 e. The Morgan fingerprint density at radius 1 is 1.32 bits per heavy atom. The van der Waals surface area contributed by atoms with Crippen LogP contribution in [0.3, 0.4) is 0 Å². The third kappa shape index (κ3) is 1.80. The first-order valence-corrected chi connectivity index (χ1v) is 6.88. The van der Waals surface area contributed by atoms with Crippen LogP contribution in [0.2, 0.25) is 0 Å². The molecule has 0 saturated heterocycles. The molecule has 0 atom stereocenters. The third-order valence-corrected chi connectivity index (χ3v) is 3.91. The summed E-state index contributed by atoms with van der Waals surface area (Å²) in [6.45, 7) is 0.995. The van der Waals surface area contributed by atoms with Crippen molar-refractivity contribution in [3.05, 3.63) is 35.5 Å². The first-order valence-electron chi connectivity index (χ1n) is 6.00. The standard InChI is InChI=1S/C13H10N4OS/c1-2-10-8(3-4-15-10)5-9(1)13-16-12(17-18-13)11-6-14-7-19-11/h1-2,5-7,15H,3-4H2. The summed E-state index contributed by atoms with van der Waals surface area (Å²) in [7, 11) is 0. The fourth-order valence-electron chi connectivity index (χ4n) is 2.20. The summed E-state index contributed by atoms with van der Waals surface area (Å²) in [5, 5.41) is 7.33. The van der Waals surface area contributed by atoms with Gasteiger partial charge in [-0.25, -0.2) is 0 Å². The van der Waals surface area contributed by atoms with Gasteiger partial charge >= 0.3 is 0 Å². The Morgan fingerprint density at radius 2 is 2.32 bits per heavy atom. The maximum Gasteiger partial charge on any atom is 0.258 e. The minimum Gasteiger partial charge on any atom is -0.384 e. The molecule has 4 rings (SSSR count). The summed E-state index contributed by atoms with van der Waals surface area (Å²) in [4.78, 5) is 9.35. The zero-order valence-electron chi connectivity index (χ0n) is 9.96. The molecule has 1 N–H and O–H groups in total. The number of fused-ring (bicyclic) bond motifs is 1. The topological polar surface area (TPSA) is 63.8 Å². The van der Waals surface area contributed by atoms with Gasteiger partial charge in [0.2, 0.25) is 5.82 Å². The van der Waals surface area contributed by atoms with Crippen molar-refractivity contribution >= 4 is 17.0 Å². The van der Waals surface area contributed by atoms with Crippen molar-refractivity contribution in [2.75, 3.05) is 11.9 Å². The van der Waals surface area contributed by atoms with Crippen molar-refractivity contribution < 1.29 is 4.52 Å². The molecule has 1 aromatic carbocycles. The van der Waals surface area contributed by atoms with E-state index in [1.807, 2.05) is 6.07 Å². The molecule has 0 fully saturated rings. The van der Waals surface area contributed by atoms with Crippen LogP contribution in [0.25, 0.3) is 22.2 Å². The Labute approximate surface area is 113 Å². The minimum absolute atomic E-state index is 0.554.